The van der Waals surface area contributed by atoms with Crippen molar-refractivity contribution in [1.82, 2.24) is 20.6 Å². The zero-order chi connectivity index (χ0) is 22.2. The molecule has 0 radical (unpaired) electrons. The lowest BCUT2D eigenvalue weighted by Crippen LogP contribution is -2.42. The molecule has 8 nitrogen and oxygen atoms in total. The summed E-state index contributed by atoms with van der Waals surface area (Å²) in [7, 11) is 0. The number of rotatable bonds is 10. The Labute approximate surface area is 182 Å². The lowest BCUT2D eigenvalue weighted by atomic mass is 9.93. The number of hydrogen-bond acceptors (Lipinski definition) is 6. The molecule has 2 fully saturated rings. The van der Waals surface area contributed by atoms with Crippen molar-refractivity contribution >= 4 is 11.8 Å². The summed E-state index contributed by atoms with van der Waals surface area (Å²) in [4.78, 5) is 33.9. The van der Waals surface area contributed by atoms with Gasteiger partial charge in [0.2, 0.25) is 11.5 Å². The van der Waals surface area contributed by atoms with Crippen molar-refractivity contribution in [1.29, 1.82) is 0 Å². The van der Waals surface area contributed by atoms with Gasteiger partial charge in [0.1, 0.15) is 0 Å². The summed E-state index contributed by atoms with van der Waals surface area (Å²) in [5, 5.41) is 5.82. The second-order valence-electron chi connectivity index (χ2n) is 9.87. The fraction of sp³-hybridized carbons (Fsp3) is 0.652. The van der Waals surface area contributed by atoms with Crippen LogP contribution in [0.1, 0.15) is 83.8 Å². The van der Waals surface area contributed by atoms with Crippen molar-refractivity contribution in [3.05, 3.63) is 34.7 Å². The van der Waals surface area contributed by atoms with E-state index in [4.69, 9.17) is 8.83 Å². The minimum absolute atomic E-state index is 0.274. The van der Waals surface area contributed by atoms with Crippen LogP contribution in [0.2, 0.25) is 0 Å². The van der Waals surface area contributed by atoms with Gasteiger partial charge in [0, 0.05) is 25.9 Å². The first-order valence-electron chi connectivity index (χ1n) is 11.2. The zero-order valence-electron chi connectivity index (χ0n) is 18.8. The van der Waals surface area contributed by atoms with Gasteiger partial charge in [0.25, 0.3) is 11.8 Å². The van der Waals surface area contributed by atoms with E-state index in [1.54, 1.807) is 13.8 Å². The number of hydrogen-bond donors (Lipinski definition) is 2. The van der Waals surface area contributed by atoms with E-state index >= 15 is 0 Å². The standard InChI is InChI=1S/C23H32N4O4/c1-13-19(30-17(26-13)9-15-5-6-15)21(28)24-11-23(3,4)12-25-22(29)20-14(2)27-18(31-20)10-16-7-8-16/h15-16H,5-12H2,1-4H3,(H,24,28)(H,25,29). The van der Waals surface area contributed by atoms with E-state index in [0.29, 0.717) is 48.1 Å². The summed E-state index contributed by atoms with van der Waals surface area (Å²) < 4.78 is 11.4. The van der Waals surface area contributed by atoms with E-state index < -0.39 is 0 Å². The summed E-state index contributed by atoms with van der Waals surface area (Å²) >= 11 is 0. The molecule has 0 saturated heterocycles. The van der Waals surface area contributed by atoms with Gasteiger partial charge in [0.15, 0.2) is 11.8 Å². The first-order chi connectivity index (χ1) is 14.7. The third kappa shape index (κ3) is 5.74. The van der Waals surface area contributed by atoms with Crippen LogP contribution in [-0.2, 0) is 12.8 Å². The quantitative estimate of drug-likeness (QED) is 0.600. The Morgan fingerprint density at radius 3 is 1.58 bits per heavy atom. The van der Waals surface area contributed by atoms with E-state index in [1.165, 1.54) is 25.7 Å². The minimum Gasteiger partial charge on any atom is -0.435 e. The molecular weight excluding hydrogens is 396 g/mol. The maximum atomic E-state index is 12.6. The van der Waals surface area contributed by atoms with Crippen LogP contribution in [0, 0.1) is 31.1 Å². The van der Waals surface area contributed by atoms with E-state index in [9.17, 15) is 9.59 Å². The Bertz CT molecular complexity index is 890. The Hall–Kier alpha value is -2.64. The fourth-order valence-electron chi connectivity index (χ4n) is 3.50. The van der Waals surface area contributed by atoms with Gasteiger partial charge in [-0.1, -0.05) is 13.8 Å². The lowest BCUT2D eigenvalue weighted by Gasteiger charge is -2.25. The largest absolute Gasteiger partial charge is 0.435 e. The number of carbonyl (C=O) groups is 2. The number of nitrogens with zero attached hydrogens (tertiary/aromatic N) is 2. The van der Waals surface area contributed by atoms with Gasteiger partial charge >= 0.3 is 0 Å². The molecule has 2 heterocycles. The average molecular weight is 429 g/mol. The van der Waals surface area contributed by atoms with Gasteiger partial charge in [-0.3, -0.25) is 9.59 Å². The first-order valence-corrected chi connectivity index (χ1v) is 11.2. The Morgan fingerprint density at radius 2 is 1.23 bits per heavy atom. The van der Waals surface area contributed by atoms with Gasteiger partial charge in [0.05, 0.1) is 11.4 Å². The number of aromatic nitrogens is 2. The molecule has 2 aliphatic rings. The first kappa shape index (κ1) is 21.6. The molecule has 4 rings (SSSR count). The fourth-order valence-corrected chi connectivity index (χ4v) is 3.50. The molecule has 31 heavy (non-hydrogen) atoms. The SMILES string of the molecule is Cc1nc(CC2CC2)oc1C(=O)NCC(C)(C)CNC(=O)c1oc(CC2CC2)nc1C. The summed E-state index contributed by atoms with van der Waals surface area (Å²) in [6.45, 7) is 8.30. The summed E-state index contributed by atoms with van der Waals surface area (Å²) in [5.41, 5.74) is 0.866. The molecule has 8 heteroatoms. The van der Waals surface area contributed by atoms with E-state index in [-0.39, 0.29) is 28.7 Å². The van der Waals surface area contributed by atoms with Crippen LogP contribution in [0.3, 0.4) is 0 Å². The van der Waals surface area contributed by atoms with Crippen molar-refractivity contribution in [2.24, 2.45) is 17.3 Å². The van der Waals surface area contributed by atoms with Crippen LogP contribution >= 0.6 is 0 Å². The summed E-state index contributed by atoms with van der Waals surface area (Å²) in [6, 6.07) is 0. The number of nitrogens with one attached hydrogen (secondary N) is 2. The molecule has 0 bridgehead atoms. The van der Waals surface area contributed by atoms with Crippen LogP contribution in [0.15, 0.2) is 8.83 Å². The summed E-state index contributed by atoms with van der Waals surface area (Å²) in [6.07, 6.45) is 6.43. The van der Waals surface area contributed by atoms with E-state index in [0.717, 1.165) is 12.8 Å². The molecular formula is C23H32N4O4. The van der Waals surface area contributed by atoms with Crippen molar-refractivity contribution in [3.63, 3.8) is 0 Å². The van der Waals surface area contributed by atoms with E-state index in [1.807, 2.05) is 13.8 Å². The molecule has 2 N–H and O–H groups in total. The number of aryl methyl sites for hydroxylation is 2. The van der Waals surface area contributed by atoms with Crippen molar-refractivity contribution in [2.45, 2.75) is 66.2 Å². The Balaban J connectivity index is 1.26. The highest BCUT2D eigenvalue weighted by Crippen LogP contribution is 2.33. The van der Waals surface area contributed by atoms with Crippen molar-refractivity contribution in [3.8, 4) is 0 Å². The van der Waals surface area contributed by atoms with Crippen LogP contribution in [0.25, 0.3) is 0 Å². The van der Waals surface area contributed by atoms with Crippen molar-refractivity contribution < 1.29 is 18.4 Å². The molecule has 2 aromatic rings. The molecule has 2 amide bonds. The molecule has 2 aromatic heterocycles. The van der Waals surface area contributed by atoms with Gasteiger partial charge < -0.3 is 19.5 Å². The highest BCUT2D eigenvalue weighted by Gasteiger charge is 2.28. The lowest BCUT2D eigenvalue weighted by molar-refractivity contribution is 0.0888. The van der Waals surface area contributed by atoms with Gasteiger partial charge in [-0.15, -0.1) is 0 Å². The molecule has 0 aliphatic heterocycles. The third-order valence-electron chi connectivity index (χ3n) is 5.87. The molecule has 168 valence electrons. The second kappa shape index (κ2) is 8.48. The Kier molecular flexibility index (Phi) is 5.90. The molecule has 0 atom stereocenters. The van der Waals surface area contributed by atoms with Gasteiger partial charge in [-0.05, 0) is 56.8 Å². The number of amides is 2. The average Bonchev–Trinajstić information content (AvgIpc) is 3.62. The third-order valence-corrected chi connectivity index (χ3v) is 5.87. The monoisotopic (exact) mass is 428 g/mol. The predicted octanol–water partition coefficient (Wildman–Crippen LogP) is 3.37. The Morgan fingerprint density at radius 1 is 0.839 bits per heavy atom. The van der Waals surface area contributed by atoms with Crippen LogP contribution in [0.5, 0.6) is 0 Å². The van der Waals surface area contributed by atoms with E-state index in [2.05, 4.69) is 20.6 Å². The topological polar surface area (TPSA) is 110 Å². The van der Waals surface area contributed by atoms with Crippen LogP contribution in [0.4, 0.5) is 0 Å². The normalized spacial score (nSPS) is 16.4. The number of oxazole rings is 2. The highest BCUT2D eigenvalue weighted by atomic mass is 16.4. The predicted molar refractivity (Wildman–Crippen MR) is 114 cm³/mol. The second-order valence-corrected chi connectivity index (χ2v) is 9.87. The van der Waals surface area contributed by atoms with Crippen molar-refractivity contribution in [2.75, 3.05) is 13.1 Å². The number of carbonyl (C=O) groups excluding carboxylic acids is 2. The maximum Gasteiger partial charge on any atom is 0.289 e. The molecule has 0 aromatic carbocycles. The summed E-state index contributed by atoms with van der Waals surface area (Å²) in [5.74, 6) is 2.57. The molecule has 0 unspecified atom stereocenters. The minimum atomic E-state index is -0.360. The molecule has 2 saturated carbocycles. The molecule has 2 aliphatic carbocycles. The highest BCUT2D eigenvalue weighted by molar-refractivity contribution is 5.93. The smallest absolute Gasteiger partial charge is 0.289 e. The maximum absolute atomic E-state index is 12.6. The molecule has 0 spiro atoms. The van der Waals surface area contributed by atoms with Crippen LogP contribution in [-0.4, -0.2) is 34.9 Å². The van der Waals surface area contributed by atoms with Gasteiger partial charge in [-0.2, -0.15) is 0 Å². The zero-order valence-corrected chi connectivity index (χ0v) is 18.8. The van der Waals surface area contributed by atoms with Crippen LogP contribution < -0.4 is 10.6 Å². The van der Waals surface area contributed by atoms with Gasteiger partial charge in [-0.25, -0.2) is 9.97 Å².